The van der Waals surface area contributed by atoms with Crippen molar-refractivity contribution >= 4 is 12.4 Å². The van der Waals surface area contributed by atoms with Crippen molar-refractivity contribution in [2.75, 3.05) is 13.1 Å². The summed E-state index contributed by atoms with van der Waals surface area (Å²) in [6.07, 6.45) is 3.26. The summed E-state index contributed by atoms with van der Waals surface area (Å²) in [5.74, 6) is 0.433. The van der Waals surface area contributed by atoms with Crippen molar-refractivity contribution in [2.45, 2.75) is 0 Å². The van der Waals surface area contributed by atoms with Crippen LogP contribution in [0.1, 0.15) is 11.1 Å². The Morgan fingerprint density at radius 2 is 1.10 bits per heavy atom. The summed E-state index contributed by atoms with van der Waals surface area (Å²) in [5.41, 5.74) is 1.38. The minimum atomic E-state index is 0. The van der Waals surface area contributed by atoms with Gasteiger partial charge in [-0.2, -0.15) is 0 Å². The van der Waals surface area contributed by atoms with E-state index in [1.165, 1.54) is 0 Å². The summed E-state index contributed by atoms with van der Waals surface area (Å²) in [5, 5.41) is 19.1. The average molecular weight is 324 g/mol. The molecule has 0 aliphatic carbocycles. The van der Waals surface area contributed by atoms with Gasteiger partial charge in [0.25, 0.3) is 0 Å². The van der Waals surface area contributed by atoms with Crippen LogP contribution in [0, 0.1) is 0 Å². The molecule has 0 aliphatic heterocycles. The van der Waals surface area contributed by atoms with Gasteiger partial charge in [0.1, 0.15) is 11.5 Å². The molecule has 0 radical (unpaired) electrons. The van der Waals surface area contributed by atoms with Crippen molar-refractivity contribution in [3.63, 3.8) is 0 Å². The number of hydrogen-bond acceptors (Lipinski definition) is 4. The van der Waals surface area contributed by atoms with E-state index in [2.05, 4.69) is 9.98 Å². The van der Waals surface area contributed by atoms with Crippen LogP contribution >= 0.6 is 0 Å². The molecule has 0 fully saturated rings. The predicted molar refractivity (Wildman–Crippen MR) is 81.1 cm³/mol. The van der Waals surface area contributed by atoms with E-state index in [1.807, 2.05) is 12.1 Å². The molecule has 0 atom stereocenters. The topological polar surface area (TPSA) is 65.2 Å². The van der Waals surface area contributed by atoms with Crippen LogP contribution in [0.15, 0.2) is 58.5 Å². The maximum atomic E-state index is 9.54. The standard InChI is InChI=1S/C16H16N2O2.Fe/c19-15-7-3-1-5-13(15)11-17-9-10-18-12-14-6-2-4-8-16(14)20;/h1-8,11-12,19-20H,9-10H2;/q;+2. The zero-order valence-electron chi connectivity index (χ0n) is 11.3. The fourth-order valence-corrected chi connectivity index (χ4v) is 1.63. The van der Waals surface area contributed by atoms with E-state index in [1.54, 1.807) is 48.8 Å². The van der Waals surface area contributed by atoms with Gasteiger partial charge >= 0.3 is 17.1 Å². The molecule has 2 aromatic carbocycles. The first kappa shape index (κ1) is 17.0. The van der Waals surface area contributed by atoms with Crippen molar-refractivity contribution < 1.29 is 27.3 Å². The minimum Gasteiger partial charge on any atom is -0.507 e. The van der Waals surface area contributed by atoms with Gasteiger partial charge in [-0.25, -0.2) is 0 Å². The smallest absolute Gasteiger partial charge is 0.507 e. The Labute approximate surface area is 134 Å². The Hall–Kier alpha value is -2.10. The first-order valence-electron chi connectivity index (χ1n) is 6.33. The molecule has 0 unspecified atom stereocenters. The predicted octanol–water partition coefficient (Wildman–Crippen LogP) is 2.63. The number of hydrogen-bond donors (Lipinski definition) is 2. The summed E-state index contributed by atoms with van der Waals surface area (Å²) < 4.78 is 0. The Morgan fingerprint density at radius 3 is 1.48 bits per heavy atom. The number of aliphatic imine (C=N–C) groups is 2. The molecular weight excluding hydrogens is 308 g/mol. The molecule has 21 heavy (non-hydrogen) atoms. The Kier molecular flexibility index (Phi) is 7.22. The van der Waals surface area contributed by atoms with Gasteiger partial charge in [0.2, 0.25) is 0 Å². The maximum Gasteiger partial charge on any atom is 2.00 e. The van der Waals surface area contributed by atoms with E-state index in [9.17, 15) is 10.2 Å². The van der Waals surface area contributed by atoms with E-state index >= 15 is 0 Å². The monoisotopic (exact) mass is 324 g/mol. The van der Waals surface area contributed by atoms with Crippen LogP contribution in [0.3, 0.4) is 0 Å². The molecule has 2 N–H and O–H groups in total. The molecule has 0 saturated heterocycles. The minimum absolute atomic E-state index is 0. The molecule has 108 valence electrons. The zero-order chi connectivity index (χ0) is 14.2. The fourth-order valence-electron chi connectivity index (χ4n) is 1.63. The molecule has 0 aliphatic rings. The first-order valence-corrected chi connectivity index (χ1v) is 6.33. The largest absolute Gasteiger partial charge is 2.00 e. The van der Waals surface area contributed by atoms with Gasteiger partial charge in [-0.3, -0.25) is 9.98 Å². The third kappa shape index (κ3) is 5.42. The van der Waals surface area contributed by atoms with Gasteiger partial charge in [-0.15, -0.1) is 0 Å². The first-order chi connectivity index (χ1) is 9.77. The summed E-state index contributed by atoms with van der Waals surface area (Å²) in [4.78, 5) is 8.39. The molecular formula is C16H16FeN2O2+2. The van der Waals surface area contributed by atoms with Gasteiger partial charge in [0, 0.05) is 23.6 Å². The fraction of sp³-hybridized carbons (Fsp3) is 0.125. The Balaban J connectivity index is 0.00000220. The molecule has 0 heterocycles. The third-order valence-corrected chi connectivity index (χ3v) is 2.69. The average Bonchev–Trinajstić information content (AvgIpc) is 2.46. The molecule has 5 heteroatoms. The molecule has 2 aromatic rings. The Morgan fingerprint density at radius 1 is 0.714 bits per heavy atom. The number of phenols is 2. The van der Waals surface area contributed by atoms with Crippen LogP contribution in [0.5, 0.6) is 11.5 Å². The molecule has 0 bridgehead atoms. The summed E-state index contributed by atoms with van der Waals surface area (Å²) in [7, 11) is 0. The van der Waals surface area contributed by atoms with Gasteiger partial charge in [-0.1, -0.05) is 24.3 Å². The van der Waals surface area contributed by atoms with Crippen molar-refractivity contribution in [2.24, 2.45) is 9.98 Å². The van der Waals surface area contributed by atoms with E-state index in [4.69, 9.17) is 0 Å². The molecule has 0 amide bonds. The molecule has 0 aromatic heterocycles. The number of phenolic OH excluding ortho intramolecular Hbond substituents is 2. The number of para-hydroxylation sites is 2. The molecule has 0 saturated carbocycles. The van der Waals surface area contributed by atoms with Crippen LogP contribution in [-0.4, -0.2) is 35.7 Å². The van der Waals surface area contributed by atoms with Crippen molar-refractivity contribution in [3.05, 3.63) is 59.7 Å². The summed E-state index contributed by atoms with van der Waals surface area (Å²) >= 11 is 0. The van der Waals surface area contributed by atoms with E-state index in [-0.39, 0.29) is 28.6 Å². The van der Waals surface area contributed by atoms with Crippen LogP contribution in [-0.2, 0) is 17.1 Å². The van der Waals surface area contributed by atoms with Gasteiger partial charge in [0.15, 0.2) is 0 Å². The van der Waals surface area contributed by atoms with E-state index in [0.29, 0.717) is 24.2 Å². The maximum absolute atomic E-state index is 9.54. The van der Waals surface area contributed by atoms with Gasteiger partial charge in [-0.05, 0) is 24.3 Å². The van der Waals surface area contributed by atoms with Crippen molar-refractivity contribution in [3.8, 4) is 11.5 Å². The molecule has 0 spiro atoms. The van der Waals surface area contributed by atoms with Crippen LogP contribution in [0.2, 0.25) is 0 Å². The second kappa shape index (κ2) is 8.95. The zero-order valence-corrected chi connectivity index (χ0v) is 12.4. The third-order valence-electron chi connectivity index (χ3n) is 2.69. The normalized spacial score (nSPS) is 10.9. The van der Waals surface area contributed by atoms with Crippen LogP contribution in [0.25, 0.3) is 0 Å². The second-order valence-electron chi connectivity index (χ2n) is 4.19. The quantitative estimate of drug-likeness (QED) is 0.504. The SMILES string of the molecule is Oc1ccccc1C=NCCN=Cc1ccccc1O.[Fe+2]. The van der Waals surface area contributed by atoms with Crippen LogP contribution < -0.4 is 0 Å². The number of aromatic hydroxyl groups is 2. The second-order valence-corrected chi connectivity index (χ2v) is 4.19. The van der Waals surface area contributed by atoms with E-state index in [0.717, 1.165) is 0 Å². The van der Waals surface area contributed by atoms with E-state index < -0.39 is 0 Å². The van der Waals surface area contributed by atoms with Crippen molar-refractivity contribution in [1.82, 2.24) is 0 Å². The number of nitrogens with zero attached hydrogens (tertiary/aromatic N) is 2. The number of benzene rings is 2. The summed E-state index contributed by atoms with van der Waals surface area (Å²) in [6.45, 7) is 1.05. The van der Waals surface area contributed by atoms with Gasteiger partial charge < -0.3 is 10.2 Å². The summed E-state index contributed by atoms with van der Waals surface area (Å²) in [6, 6.07) is 14.1. The van der Waals surface area contributed by atoms with Crippen molar-refractivity contribution in [1.29, 1.82) is 0 Å². The van der Waals surface area contributed by atoms with Crippen LogP contribution in [0.4, 0.5) is 0 Å². The molecule has 4 nitrogen and oxygen atoms in total. The molecule has 2 rings (SSSR count). The number of rotatable bonds is 5. The Bertz CT molecular complexity index is 572. The van der Waals surface area contributed by atoms with Gasteiger partial charge in [0.05, 0.1) is 13.1 Å².